The largest absolute Gasteiger partial charge is 0.507 e. The van der Waals surface area contributed by atoms with Gasteiger partial charge in [-0.3, -0.25) is 4.79 Å². The topological polar surface area (TPSA) is 141 Å². The van der Waals surface area contributed by atoms with Crippen LogP contribution >= 0.6 is 0 Å². The maximum absolute atomic E-state index is 12.9. The van der Waals surface area contributed by atoms with Gasteiger partial charge in [0, 0.05) is 30.0 Å². The van der Waals surface area contributed by atoms with Gasteiger partial charge >= 0.3 is 5.63 Å². The highest BCUT2D eigenvalue weighted by atomic mass is 32.2. The van der Waals surface area contributed by atoms with Gasteiger partial charge in [0.05, 0.1) is 38.4 Å². The number of methoxy groups -OCH3 is 3. The first-order chi connectivity index (χ1) is 15.6. The minimum Gasteiger partial charge on any atom is -0.507 e. The summed E-state index contributed by atoms with van der Waals surface area (Å²) in [4.78, 5) is 25.6. The molecule has 2 heterocycles. The van der Waals surface area contributed by atoms with Gasteiger partial charge in [0.2, 0.25) is 11.7 Å². The second kappa shape index (κ2) is 9.74. The van der Waals surface area contributed by atoms with Gasteiger partial charge in [-0.2, -0.15) is 0 Å². The quantitative estimate of drug-likeness (QED) is 0.574. The van der Waals surface area contributed by atoms with Gasteiger partial charge in [0.25, 0.3) is 0 Å². The Kier molecular flexibility index (Phi) is 7.21. The molecule has 10 nitrogen and oxygen atoms in total. The first kappa shape index (κ1) is 24.4. The van der Waals surface area contributed by atoms with Crippen molar-refractivity contribution < 1.29 is 36.9 Å². The molecule has 0 spiro atoms. The number of hydrogen-bond donors (Lipinski definition) is 2. The summed E-state index contributed by atoms with van der Waals surface area (Å²) in [6.45, 7) is 1.52. The van der Waals surface area contributed by atoms with Crippen molar-refractivity contribution in [2.75, 3.05) is 32.8 Å². The SMILES string of the molecule is COc1ccc([C@@H](CC(=O)N[C@H]2CCS(=O)(=O)C2)c2c(O)cc(C)oc2=O)c(OC)c1OC. The average Bonchev–Trinajstić information content (AvgIpc) is 3.08. The fraction of sp³-hybridized carbons (Fsp3) is 0.455. The predicted octanol–water partition coefficient (Wildman–Crippen LogP) is 1.50. The van der Waals surface area contributed by atoms with E-state index < -0.39 is 33.3 Å². The van der Waals surface area contributed by atoms with Gasteiger partial charge in [-0.1, -0.05) is 6.07 Å². The molecule has 1 aromatic carbocycles. The molecule has 11 heteroatoms. The van der Waals surface area contributed by atoms with Crippen LogP contribution in [0.2, 0.25) is 0 Å². The van der Waals surface area contributed by atoms with Gasteiger partial charge < -0.3 is 29.1 Å². The van der Waals surface area contributed by atoms with Gasteiger partial charge in [0.15, 0.2) is 21.3 Å². The lowest BCUT2D eigenvalue weighted by Crippen LogP contribution is -2.36. The van der Waals surface area contributed by atoms with Gasteiger partial charge in [-0.15, -0.1) is 0 Å². The summed E-state index contributed by atoms with van der Waals surface area (Å²) in [5.41, 5.74) is -0.540. The normalized spacial score (nSPS) is 17.9. The van der Waals surface area contributed by atoms with Crippen LogP contribution in [0, 0.1) is 6.92 Å². The van der Waals surface area contributed by atoms with Crippen LogP contribution in [0.15, 0.2) is 27.4 Å². The van der Waals surface area contributed by atoms with Crippen LogP contribution in [0.25, 0.3) is 0 Å². The third kappa shape index (κ3) is 5.24. The zero-order valence-electron chi connectivity index (χ0n) is 18.8. The van der Waals surface area contributed by atoms with Crippen molar-refractivity contribution in [2.24, 2.45) is 0 Å². The molecule has 0 aliphatic carbocycles. The lowest BCUT2D eigenvalue weighted by atomic mass is 9.87. The Morgan fingerprint density at radius 3 is 2.45 bits per heavy atom. The minimum atomic E-state index is -3.19. The van der Waals surface area contributed by atoms with E-state index in [4.69, 9.17) is 18.6 Å². The van der Waals surface area contributed by atoms with Gasteiger partial charge in [0.1, 0.15) is 11.5 Å². The molecule has 0 radical (unpaired) electrons. The van der Waals surface area contributed by atoms with E-state index in [1.807, 2.05) is 0 Å². The standard InChI is InChI=1S/C22H27NO9S/c1-12-9-16(24)19(22(26)32-12)15(10-18(25)23-13-7-8-33(27,28)11-13)14-5-6-17(29-2)21(31-4)20(14)30-3/h5-6,9,13,15,24H,7-8,10-11H2,1-4H3,(H,23,25)/t13-,15+/m0/s1. The van der Waals surface area contributed by atoms with Crippen LogP contribution in [0.5, 0.6) is 23.0 Å². The van der Waals surface area contributed by atoms with Crippen molar-refractivity contribution in [3.05, 3.63) is 45.5 Å². The molecule has 180 valence electrons. The molecule has 2 atom stereocenters. The number of rotatable bonds is 8. The van der Waals surface area contributed by atoms with E-state index in [0.29, 0.717) is 17.7 Å². The predicted molar refractivity (Wildman–Crippen MR) is 119 cm³/mol. The molecule has 0 bridgehead atoms. The van der Waals surface area contributed by atoms with Gasteiger partial charge in [-0.25, -0.2) is 13.2 Å². The number of ether oxygens (including phenoxy) is 3. The Morgan fingerprint density at radius 2 is 1.91 bits per heavy atom. The van der Waals surface area contributed by atoms with E-state index in [0.717, 1.165) is 0 Å². The van der Waals surface area contributed by atoms with Crippen molar-refractivity contribution in [3.8, 4) is 23.0 Å². The van der Waals surface area contributed by atoms with Crippen LogP contribution in [0.1, 0.15) is 35.6 Å². The van der Waals surface area contributed by atoms with Crippen LogP contribution in [0.4, 0.5) is 0 Å². The lowest BCUT2D eigenvalue weighted by molar-refractivity contribution is -0.121. The summed E-state index contributed by atoms with van der Waals surface area (Å²) in [6.07, 6.45) is 0.0418. The summed E-state index contributed by atoms with van der Waals surface area (Å²) in [7, 11) is 1.09. The number of carbonyl (C=O) groups excluding carboxylic acids is 1. The molecule has 1 saturated heterocycles. The number of aryl methyl sites for hydroxylation is 1. The Labute approximate surface area is 191 Å². The molecule has 0 unspecified atom stereocenters. The third-order valence-corrected chi connectivity index (χ3v) is 7.30. The summed E-state index contributed by atoms with van der Waals surface area (Å²) < 4.78 is 44.9. The number of nitrogens with one attached hydrogen (secondary N) is 1. The van der Waals surface area contributed by atoms with E-state index in [-0.39, 0.29) is 46.5 Å². The molecule has 1 aliphatic rings. The van der Waals surface area contributed by atoms with Crippen molar-refractivity contribution >= 4 is 15.7 Å². The molecule has 2 aromatic rings. The molecule has 3 rings (SSSR count). The zero-order chi connectivity index (χ0) is 24.3. The number of amides is 1. The number of aromatic hydroxyl groups is 1. The Bertz CT molecular complexity index is 1200. The molecule has 33 heavy (non-hydrogen) atoms. The van der Waals surface area contributed by atoms with E-state index in [1.54, 1.807) is 12.1 Å². The Morgan fingerprint density at radius 1 is 1.21 bits per heavy atom. The average molecular weight is 482 g/mol. The third-order valence-electron chi connectivity index (χ3n) is 5.54. The summed E-state index contributed by atoms with van der Waals surface area (Å²) in [5.74, 6) is -0.876. The number of carbonyl (C=O) groups is 1. The molecule has 1 aliphatic heterocycles. The summed E-state index contributed by atoms with van der Waals surface area (Å²) >= 11 is 0. The van der Waals surface area contributed by atoms with Crippen LogP contribution in [-0.4, -0.2) is 58.3 Å². The first-order valence-electron chi connectivity index (χ1n) is 10.2. The second-order valence-corrected chi connectivity index (χ2v) is 10.0. The molecular weight excluding hydrogens is 454 g/mol. The van der Waals surface area contributed by atoms with Crippen molar-refractivity contribution in [3.63, 3.8) is 0 Å². The first-order valence-corrected chi connectivity index (χ1v) is 12.0. The van der Waals surface area contributed by atoms with Gasteiger partial charge in [-0.05, 0) is 19.4 Å². The Balaban J connectivity index is 2.08. The van der Waals surface area contributed by atoms with Crippen LogP contribution in [0.3, 0.4) is 0 Å². The highest BCUT2D eigenvalue weighted by molar-refractivity contribution is 7.91. The van der Waals surface area contributed by atoms with E-state index in [1.165, 1.54) is 34.3 Å². The van der Waals surface area contributed by atoms with Crippen molar-refractivity contribution in [1.82, 2.24) is 5.32 Å². The number of benzene rings is 1. The number of sulfone groups is 1. The van der Waals surface area contributed by atoms with Crippen molar-refractivity contribution in [2.45, 2.75) is 31.7 Å². The summed E-state index contributed by atoms with van der Waals surface area (Å²) in [6, 6.07) is 3.98. The van der Waals surface area contributed by atoms with E-state index >= 15 is 0 Å². The summed E-state index contributed by atoms with van der Waals surface area (Å²) in [5, 5.41) is 13.3. The molecule has 1 amide bonds. The maximum atomic E-state index is 12.9. The van der Waals surface area contributed by atoms with Crippen LogP contribution in [-0.2, 0) is 14.6 Å². The molecule has 0 saturated carbocycles. The lowest BCUT2D eigenvalue weighted by Gasteiger charge is -2.23. The fourth-order valence-electron chi connectivity index (χ4n) is 4.07. The van der Waals surface area contributed by atoms with Crippen molar-refractivity contribution in [1.29, 1.82) is 0 Å². The smallest absolute Gasteiger partial charge is 0.343 e. The second-order valence-electron chi connectivity index (χ2n) is 7.79. The number of hydrogen-bond acceptors (Lipinski definition) is 9. The highest BCUT2D eigenvalue weighted by Crippen LogP contribution is 2.45. The molecular formula is C22H27NO9S. The van der Waals surface area contributed by atoms with Crippen LogP contribution < -0.4 is 25.2 Å². The molecule has 2 N–H and O–H groups in total. The van der Waals surface area contributed by atoms with E-state index in [9.17, 15) is 23.1 Å². The fourth-order valence-corrected chi connectivity index (χ4v) is 5.75. The maximum Gasteiger partial charge on any atom is 0.343 e. The van der Waals surface area contributed by atoms with E-state index in [2.05, 4.69) is 5.32 Å². The highest BCUT2D eigenvalue weighted by Gasteiger charge is 2.33. The Hall–Kier alpha value is -3.21. The zero-order valence-corrected chi connectivity index (χ0v) is 19.7. The minimum absolute atomic E-state index is 0.00716. The monoisotopic (exact) mass is 481 g/mol. The molecule has 1 aromatic heterocycles. The molecule has 1 fully saturated rings.